The van der Waals surface area contributed by atoms with Crippen LogP contribution in [0.1, 0.15) is 26.7 Å². The summed E-state index contributed by atoms with van der Waals surface area (Å²) in [6.45, 7) is 5.34. The molecule has 1 aliphatic carbocycles. The quantitative estimate of drug-likeness (QED) is 0.570. The van der Waals surface area contributed by atoms with Crippen molar-refractivity contribution in [2.24, 2.45) is 0 Å². The first-order valence-corrected chi connectivity index (χ1v) is 5.75. The van der Waals surface area contributed by atoms with Gasteiger partial charge < -0.3 is 14.6 Å². The Kier molecular flexibility index (Phi) is 5.18. The Morgan fingerprint density at radius 1 is 1.44 bits per heavy atom. The summed E-state index contributed by atoms with van der Waals surface area (Å²) in [6, 6.07) is 0.344. The molecule has 0 saturated heterocycles. The van der Waals surface area contributed by atoms with Crippen LogP contribution in [0.3, 0.4) is 0 Å². The van der Waals surface area contributed by atoms with E-state index < -0.39 is 11.5 Å². The van der Waals surface area contributed by atoms with Crippen LogP contribution in [0.15, 0.2) is 0 Å². The molecular formula is C11H21NO4. The third-order valence-electron chi connectivity index (χ3n) is 2.54. The number of carboxylic acids is 1. The highest BCUT2D eigenvalue weighted by molar-refractivity contribution is 5.78. The van der Waals surface area contributed by atoms with E-state index in [4.69, 9.17) is 14.6 Å². The molecule has 0 aromatic carbocycles. The third-order valence-corrected chi connectivity index (χ3v) is 2.54. The van der Waals surface area contributed by atoms with Gasteiger partial charge in [0, 0.05) is 12.6 Å². The molecule has 0 heterocycles. The first kappa shape index (κ1) is 13.4. The summed E-state index contributed by atoms with van der Waals surface area (Å²) in [5.41, 5.74) is -0.979. The van der Waals surface area contributed by atoms with E-state index in [1.807, 2.05) is 6.92 Å². The number of aliphatic carboxylic acids is 1. The van der Waals surface area contributed by atoms with Gasteiger partial charge in [-0.2, -0.15) is 0 Å². The van der Waals surface area contributed by atoms with Crippen LogP contribution in [-0.4, -0.2) is 49.1 Å². The first-order chi connectivity index (χ1) is 7.58. The van der Waals surface area contributed by atoms with E-state index in [0.29, 0.717) is 25.9 Å². The predicted octanol–water partition coefficient (Wildman–Crippen LogP) is 0.635. The van der Waals surface area contributed by atoms with Crippen LogP contribution in [0, 0.1) is 0 Å². The molecule has 0 aromatic heterocycles. The molecule has 5 nitrogen and oxygen atoms in total. The van der Waals surface area contributed by atoms with E-state index in [1.54, 1.807) is 6.92 Å². The highest BCUT2D eigenvalue weighted by atomic mass is 16.5. The minimum Gasteiger partial charge on any atom is -0.480 e. The SMILES string of the molecule is CCOCCOCC(C)(NC1CC1)C(=O)O. The molecule has 0 aromatic rings. The normalized spacial score (nSPS) is 19.4. The largest absolute Gasteiger partial charge is 0.480 e. The summed E-state index contributed by atoms with van der Waals surface area (Å²) in [4.78, 5) is 11.1. The second kappa shape index (κ2) is 6.18. The molecule has 0 aliphatic heterocycles. The average Bonchev–Trinajstić information content (AvgIpc) is 3.01. The molecule has 0 spiro atoms. The van der Waals surface area contributed by atoms with Crippen LogP contribution in [0.25, 0.3) is 0 Å². The summed E-state index contributed by atoms with van der Waals surface area (Å²) < 4.78 is 10.4. The predicted molar refractivity (Wildman–Crippen MR) is 59.5 cm³/mol. The minimum absolute atomic E-state index is 0.173. The molecule has 0 bridgehead atoms. The highest BCUT2D eigenvalue weighted by Gasteiger charge is 2.38. The number of rotatable bonds is 9. The van der Waals surface area contributed by atoms with Gasteiger partial charge in [-0.15, -0.1) is 0 Å². The lowest BCUT2D eigenvalue weighted by Gasteiger charge is -2.26. The van der Waals surface area contributed by atoms with Crippen molar-refractivity contribution in [3.8, 4) is 0 Å². The standard InChI is InChI=1S/C11H21NO4/c1-3-15-6-7-16-8-11(2,10(13)14)12-9-4-5-9/h9,12H,3-8H2,1-2H3,(H,13,14). The summed E-state index contributed by atoms with van der Waals surface area (Å²) in [6.07, 6.45) is 2.11. The van der Waals surface area contributed by atoms with E-state index in [1.165, 1.54) is 0 Å². The molecule has 2 N–H and O–H groups in total. The maximum Gasteiger partial charge on any atom is 0.326 e. The van der Waals surface area contributed by atoms with Gasteiger partial charge in [0.2, 0.25) is 0 Å². The van der Waals surface area contributed by atoms with Crippen LogP contribution in [0.4, 0.5) is 0 Å². The number of hydrogen-bond acceptors (Lipinski definition) is 4. The zero-order valence-corrected chi connectivity index (χ0v) is 9.99. The Balaban J connectivity index is 2.23. The van der Waals surface area contributed by atoms with Gasteiger partial charge in [-0.25, -0.2) is 0 Å². The van der Waals surface area contributed by atoms with Crippen molar-refractivity contribution < 1.29 is 19.4 Å². The highest BCUT2D eigenvalue weighted by Crippen LogP contribution is 2.22. The zero-order chi connectivity index (χ0) is 12.0. The van der Waals surface area contributed by atoms with E-state index in [0.717, 1.165) is 12.8 Å². The molecule has 5 heteroatoms. The Morgan fingerprint density at radius 3 is 2.56 bits per heavy atom. The smallest absolute Gasteiger partial charge is 0.326 e. The van der Waals surface area contributed by atoms with Gasteiger partial charge in [0.25, 0.3) is 0 Å². The molecular weight excluding hydrogens is 210 g/mol. The lowest BCUT2D eigenvalue weighted by Crippen LogP contribution is -2.54. The maximum absolute atomic E-state index is 11.1. The van der Waals surface area contributed by atoms with Crippen molar-refractivity contribution in [1.29, 1.82) is 0 Å². The van der Waals surface area contributed by atoms with Crippen molar-refractivity contribution in [1.82, 2.24) is 5.32 Å². The van der Waals surface area contributed by atoms with Gasteiger partial charge in [-0.05, 0) is 26.7 Å². The van der Waals surface area contributed by atoms with Crippen LogP contribution >= 0.6 is 0 Å². The van der Waals surface area contributed by atoms with Gasteiger partial charge in [-0.3, -0.25) is 10.1 Å². The fourth-order valence-corrected chi connectivity index (χ4v) is 1.38. The summed E-state index contributed by atoms with van der Waals surface area (Å²) >= 11 is 0. The Labute approximate surface area is 96.1 Å². The fraction of sp³-hybridized carbons (Fsp3) is 0.909. The van der Waals surface area contributed by atoms with E-state index in [-0.39, 0.29) is 6.61 Å². The molecule has 1 aliphatic rings. The Morgan fingerprint density at radius 2 is 2.06 bits per heavy atom. The zero-order valence-electron chi connectivity index (χ0n) is 9.99. The van der Waals surface area contributed by atoms with E-state index in [9.17, 15) is 4.79 Å². The first-order valence-electron chi connectivity index (χ1n) is 5.75. The van der Waals surface area contributed by atoms with Gasteiger partial charge in [0.05, 0.1) is 19.8 Å². The Bertz CT molecular complexity index is 230. The lowest BCUT2D eigenvalue weighted by molar-refractivity contribution is -0.147. The number of carbonyl (C=O) groups is 1. The van der Waals surface area contributed by atoms with Crippen LogP contribution in [-0.2, 0) is 14.3 Å². The lowest BCUT2D eigenvalue weighted by atomic mass is 10.0. The second-order valence-electron chi connectivity index (χ2n) is 4.31. The van der Waals surface area contributed by atoms with Crippen LogP contribution in [0.2, 0.25) is 0 Å². The molecule has 1 fully saturated rings. The molecule has 1 unspecified atom stereocenters. The van der Waals surface area contributed by atoms with Gasteiger partial charge in [-0.1, -0.05) is 0 Å². The fourth-order valence-electron chi connectivity index (χ4n) is 1.38. The molecule has 0 radical (unpaired) electrons. The Hall–Kier alpha value is -0.650. The third kappa shape index (κ3) is 4.47. The van der Waals surface area contributed by atoms with Gasteiger partial charge in [0.15, 0.2) is 0 Å². The van der Waals surface area contributed by atoms with Crippen LogP contribution in [0.5, 0.6) is 0 Å². The molecule has 1 atom stereocenters. The van der Waals surface area contributed by atoms with Crippen molar-refractivity contribution >= 4 is 5.97 Å². The topological polar surface area (TPSA) is 67.8 Å². The maximum atomic E-state index is 11.1. The summed E-state index contributed by atoms with van der Waals surface area (Å²) in [7, 11) is 0. The molecule has 16 heavy (non-hydrogen) atoms. The van der Waals surface area contributed by atoms with Crippen molar-refractivity contribution in [2.75, 3.05) is 26.4 Å². The summed E-state index contributed by atoms with van der Waals surface area (Å²) in [5.74, 6) is -0.865. The van der Waals surface area contributed by atoms with Crippen molar-refractivity contribution in [3.63, 3.8) is 0 Å². The number of ether oxygens (including phenoxy) is 2. The van der Waals surface area contributed by atoms with E-state index in [2.05, 4.69) is 5.32 Å². The van der Waals surface area contributed by atoms with Crippen molar-refractivity contribution in [2.45, 2.75) is 38.3 Å². The number of nitrogens with one attached hydrogen (secondary N) is 1. The van der Waals surface area contributed by atoms with Gasteiger partial charge in [0.1, 0.15) is 5.54 Å². The van der Waals surface area contributed by atoms with Crippen molar-refractivity contribution in [3.05, 3.63) is 0 Å². The second-order valence-corrected chi connectivity index (χ2v) is 4.31. The van der Waals surface area contributed by atoms with Crippen LogP contribution < -0.4 is 5.32 Å². The van der Waals surface area contributed by atoms with E-state index >= 15 is 0 Å². The molecule has 0 amide bonds. The van der Waals surface area contributed by atoms with Gasteiger partial charge >= 0.3 is 5.97 Å². The molecule has 94 valence electrons. The molecule has 1 saturated carbocycles. The monoisotopic (exact) mass is 231 g/mol. The summed E-state index contributed by atoms with van der Waals surface area (Å²) in [5, 5.41) is 12.2. The number of hydrogen-bond donors (Lipinski definition) is 2. The number of carboxylic acid groups (broad SMARTS) is 1. The molecule has 1 rings (SSSR count). The minimum atomic E-state index is -0.979. The average molecular weight is 231 g/mol.